The number of benzene rings is 2. The molecular weight excluding hydrogens is 408 g/mol. The summed E-state index contributed by atoms with van der Waals surface area (Å²) in [5, 5.41) is 1.60. The van der Waals surface area contributed by atoms with Crippen molar-refractivity contribution in [2.45, 2.75) is 25.7 Å². The summed E-state index contributed by atoms with van der Waals surface area (Å²) in [5.74, 6) is 2.01. The van der Waals surface area contributed by atoms with Crippen molar-refractivity contribution in [2.75, 3.05) is 19.0 Å². The van der Waals surface area contributed by atoms with Crippen LogP contribution in [0, 0.1) is 0 Å². The lowest BCUT2D eigenvalue weighted by Crippen LogP contribution is -2.00. The molecule has 0 spiro atoms. The van der Waals surface area contributed by atoms with Crippen molar-refractivity contribution in [3.8, 4) is 22.8 Å². The third-order valence-corrected chi connectivity index (χ3v) is 4.93. The second kappa shape index (κ2) is 9.60. The minimum absolute atomic E-state index is 0.0716. The zero-order chi connectivity index (χ0) is 19.1. The Morgan fingerprint density at radius 2 is 1.67 bits per heavy atom. The molecule has 0 saturated heterocycles. The lowest BCUT2D eigenvalue weighted by Gasteiger charge is -2.08. The highest BCUT2D eigenvalue weighted by molar-refractivity contribution is 9.09. The maximum Gasteiger partial charge on any atom is 0.193 e. The molecular formula is C22H23BrO4. The fraction of sp³-hybridized carbons (Fsp3) is 0.318. The molecule has 4 nitrogen and oxygen atoms in total. The molecule has 5 heteroatoms. The first kappa shape index (κ1) is 19.5. The number of methoxy groups -OCH3 is 1. The van der Waals surface area contributed by atoms with Crippen LogP contribution in [0.4, 0.5) is 0 Å². The van der Waals surface area contributed by atoms with E-state index in [9.17, 15) is 4.79 Å². The van der Waals surface area contributed by atoms with Gasteiger partial charge in [0.1, 0.15) is 22.8 Å². The van der Waals surface area contributed by atoms with E-state index in [4.69, 9.17) is 13.9 Å². The Balaban J connectivity index is 1.70. The molecule has 0 aliphatic heterocycles. The Morgan fingerprint density at radius 3 is 2.41 bits per heavy atom. The van der Waals surface area contributed by atoms with Crippen molar-refractivity contribution in [1.29, 1.82) is 0 Å². The van der Waals surface area contributed by atoms with E-state index in [1.807, 2.05) is 24.3 Å². The zero-order valence-electron chi connectivity index (χ0n) is 15.4. The molecule has 1 aromatic heterocycles. The van der Waals surface area contributed by atoms with Crippen LogP contribution in [0.1, 0.15) is 25.7 Å². The van der Waals surface area contributed by atoms with Gasteiger partial charge in [0.25, 0.3) is 0 Å². The van der Waals surface area contributed by atoms with Crippen LogP contribution in [0.5, 0.6) is 11.5 Å². The van der Waals surface area contributed by atoms with Crippen molar-refractivity contribution in [2.24, 2.45) is 0 Å². The van der Waals surface area contributed by atoms with Crippen LogP contribution in [-0.2, 0) is 0 Å². The summed E-state index contributed by atoms with van der Waals surface area (Å²) < 4.78 is 16.9. The number of rotatable bonds is 9. The van der Waals surface area contributed by atoms with Crippen LogP contribution in [0.3, 0.4) is 0 Å². The summed E-state index contributed by atoms with van der Waals surface area (Å²) in [6.45, 7) is 0.715. The van der Waals surface area contributed by atoms with Gasteiger partial charge in [0.05, 0.1) is 19.1 Å². The second-order valence-corrected chi connectivity index (χ2v) is 7.11. The average Bonchev–Trinajstić information content (AvgIpc) is 2.70. The molecule has 0 radical (unpaired) electrons. The van der Waals surface area contributed by atoms with E-state index in [-0.39, 0.29) is 5.43 Å². The van der Waals surface area contributed by atoms with Gasteiger partial charge < -0.3 is 13.9 Å². The first-order valence-electron chi connectivity index (χ1n) is 9.12. The monoisotopic (exact) mass is 430 g/mol. The average molecular weight is 431 g/mol. The highest BCUT2D eigenvalue weighted by Gasteiger charge is 2.08. The van der Waals surface area contributed by atoms with Gasteiger partial charge in [-0.3, -0.25) is 4.79 Å². The van der Waals surface area contributed by atoms with Gasteiger partial charge in [-0.15, -0.1) is 0 Å². The van der Waals surface area contributed by atoms with Crippen LogP contribution >= 0.6 is 15.9 Å². The number of halogens is 1. The van der Waals surface area contributed by atoms with Crippen LogP contribution < -0.4 is 14.9 Å². The maximum absolute atomic E-state index is 12.4. The maximum atomic E-state index is 12.4. The van der Waals surface area contributed by atoms with E-state index in [0.29, 0.717) is 29.1 Å². The van der Waals surface area contributed by atoms with Crippen molar-refractivity contribution in [1.82, 2.24) is 0 Å². The van der Waals surface area contributed by atoms with Crippen LogP contribution in [0.25, 0.3) is 22.3 Å². The molecule has 2 aromatic carbocycles. The van der Waals surface area contributed by atoms with Gasteiger partial charge in [-0.05, 0) is 49.2 Å². The van der Waals surface area contributed by atoms with Crippen LogP contribution in [0.2, 0.25) is 0 Å². The molecule has 0 amide bonds. The van der Waals surface area contributed by atoms with Crippen molar-refractivity contribution in [3.63, 3.8) is 0 Å². The number of alkyl halides is 1. The molecule has 0 saturated carbocycles. The predicted octanol–water partition coefficient (Wildman–Crippen LogP) is 5.80. The molecule has 0 unspecified atom stereocenters. The van der Waals surface area contributed by atoms with Gasteiger partial charge in [0.2, 0.25) is 0 Å². The third kappa shape index (κ3) is 5.13. The number of hydrogen-bond donors (Lipinski definition) is 0. The smallest absolute Gasteiger partial charge is 0.193 e. The van der Waals surface area contributed by atoms with E-state index in [2.05, 4.69) is 15.9 Å². The Hall–Kier alpha value is -2.27. The van der Waals surface area contributed by atoms with Crippen molar-refractivity contribution in [3.05, 3.63) is 58.8 Å². The summed E-state index contributed by atoms with van der Waals surface area (Å²) in [6.07, 6.45) is 4.66. The minimum Gasteiger partial charge on any atom is -0.497 e. The molecule has 142 valence electrons. The Morgan fingerprint density at radius 1 is 0.926 bits per heavy atom. The standard InChI is InChI=1S/C22H23BrO4/c1-25-18-10-11-19-20(24)15-21(27-22(19)14-18)16-6-8-17(9-7-16)26-13-5-3-2-4-12-23/h6-11,14-15H,2-5,12-13H2,1H3. The normalized spacial score (nSPS) is 10.9. The van der Waals surface area contributed by atoms with E-state index in [1.54, 1.807) is 25.3 Å². The molecule has 0 aliphatic carbocycles. The Kier molecular flexibility index (Phi) is 6.93. The zero-order valence-corrected chi connectivity index (χ0v) is 17.0. The van der Waals surface area contributed by atoms with E-state index in [0.717, 1.165) is 23.1 Å². The largest absolute Gasteiger partial charge is 0.497 e. The first-order valence-corrected chi connectivity index (χ1v) is 10.2. The van der Waals surface area contributed by atoms with Gasteiger partial charge in [-0.2, -0.15) is 0 Å². The topological polar surface area (TPSA) is 48.7 Å². The van der Waals surface area contributed by atoms with Gasteiger partial charge in [-0.1, -0.05) is 28.8 Å². The summed E-state index contributed by atoms with van der Waals surface area (Å²) in [5.41, 5.74) is 1.28. The molecule has 0 atom stereocenters. The summed E-state index contributed by atoms with van der Waals surface area (Å²) in [6, 6.07) is 14.4. The lowest BCUT2D eigenvalue weighted by atomic mass is 10.1. The predicted molar refractivity (Wildman–Crippen MR) is 112 cm³/mol. The van der Waals surface area contributed by atoms with E-state index in [1.165, 1.54) is 25.3 Å². The van der Waals surface area contributed by atoms with Crippen LogP contribution in [0.15, 0.2) is 57.7 Å². The number of hydrogen-bond acceptors (Lipinski definition) is 4. The van der Waals surface area contributed by atoms with Crippen LogP contribution in [-0.4, -0.2) is 19.0 Å². The summed E-state index contributed by atoms with van der Waals surface area (Å²) in [4.78, 5) is 12.4. The number of unbranched alkanes of at least 4 members (excludes halogenated alkanes) is 3. The Bertz CT molecular complexity index is 931. The molecule has 27 heavy (non-hydrogen) atoms. The SMILES string of the molecule is COc1ccc2c(=O)cc(-c3ccc(OCCCCCCBr)cc3)oc2c1. The van der Waals surface area contributed by atoms with E-state index < -0.39 is 0 Å². The summed E-state index contributed by atoms with van der Waals surface area (Å²) in [7, 11) is 1.59. The first-order chi connectivity index (χ1) is 13.2. The molecule has 3 aromatic rings. The van der Waals surface area contributed by atoms with Gasteiger partial charge in [0.15, 0.2) is 5.43 Å². The second-order valence-electron chi connectivity index (χ2n) is 6.31. The molecule has 0 bridgehead atoms. The molecule has 3 rings (SSSR count). The van der Waals surface area contributed by atoms with Gasteiger partial charge >= 0.3 is 0 Å². The molecule has 0 aliphatic rings. The quantitative estimate of drug-likeness (QED) is 0.317. The molecule has 1 heterocycles. The van der Waals surface area contributed by atoms with Gasteiger partial charge in [-0.25, -0.2) is 0 Å². The molecule has 0 fully saturated rings. The number of ether oxygens (including phenoxy) is 2. The van der Waals surface area contributed by atoms with Crippen molar-refractivity contribution >= 4 is 26.9 Å². The number of fused-ring (bicyclic) bond motifs is 1. The summed E-state index contributed by atoms with van der Waals surface area (Å²) >= 11 is 3.44. The third-order valence-electron chi connectivity index (χ3n) is 4.37. The van der Waals surface area contributed by atoms with Crippen molar-refractivity contribution < 1.29 is 13.9 Å². The lowest BCUT2D eigenvalue weighted by molar-refractivity contribution is 0.305. The highest BCUT2D eigenvalue weighted by Crippen LogP contribution is 2.26. The fourth-order valence-corrected chi connectivity index (χ4v) is 3.26. The molecule has 0 N–H and O–H groups in total. The minimum atomic E-state index is -0.0716. The van der Waals surface area contributed by atoms with Gasteiger partial charge in [0, 0.05) is 23.0 Å². The fourth-order valence-electron chi connectivity index (χ4n) is 2.86. The highest BCUT2D eigenvalue weighted by atomic mass is 79.9. The van der Waals surface area contributed by atoms with E-state index >= 15 is 0 Å². The Labute approximate surface area is 167 Å².